The summed E-state index contributed by atoms with van der Waals surface area (Å²) < 4.78 is 4.80. The van der Waals surface area contributed by atoms with Crippen molar-refractivity contribution in [1.29, 1.82) is 5.26 Å². The van der Waals surface area contributed by atoms with E-state index in [-0.39, 0.29) is 18.1 Å². The monoisotopic (exact) mass is 368 g/mol. The number of nitrogens with one attached hydrogen (secondary N) is 2. The Balaban J connectivity index is 1.75. The molecule has 0 saturated heterocycles. The molecule has 1 aliphatic heterocycles. The van der Waals surface area contributed by atoms with Gasteiger partial charge in [0.05, 0.1) is 12.3 Å². The summed E-state index contributed by atoms with van der Waals surface area (Å²) in [5.74, 6) is -0.636. The third-order valence-electron chi connectivity index (χ3n) is 3.76. The van der Waals surface area contributed by atoms with Crippen LogP contribution in [0.2, 0.25) is 0 Å². The van der Waals surface area contributed by atoms with Crippen molar-refractivity contribution in [1.82, 2.24) is 4.98 Å². The van der Waals surface area contributed by atoms with Crippen LogP contribution in [0.15, 0.2) is 35.4 Å². The fourth-order valence-corrected chi connectivity index (χ4v) is 3.19. The summed E-state index contributed by atoms with van der Waals surface area (Å²) in [7, 11) is 0. The Kier molecular flexibility index (Phi) is 5.29. The van der Waals surface area contributed by atoms with E-state index in [2.05, 4.69) is 15.6 Å². The molecule has 0 unspecified atom stereocenters. The van der Waals surface area contributed by atoms with Crippen molar-refractivity contribution >= 4 is 34.0 Å². The van der Waals surface area contributed by atoms with Gasteiger partial charge in [0, 0.05) is 29.3 Å². The van der Waals surface area contributed by atoms with E-state index in [1.165, 1.54) is 17.5 Å². The van der Waals surface area contributed by atoms with Gasteiger partial charge in [0.2, 0.25) is 5.91 Å². The average molecular weight is 368 g/mol. The van der Waals surface area contributed by atoms with Crippen molar-refractivity contribution in [2.45, 2.75) is 19.8 Å². The molecule has 26 heavy (non-hydrogen) atoms. The number of hydrogen-bond acceptors (Lipinski definition) is 7. The van der Waals surface area contributed by atoms with Gasteiger partial charge in [-0.15, -0.1) is 11.3 Å². The summed E-state index contributed by atoms with van der Waals surface area (Å²) in [6, 6.07) is 7.60. The van der Waals surface area contributed by atoms with Crippen LogP contribution in [0.3, 0.4) is 0 Å². The largest absolute Gasteiger partial charge is 0.462 e. The van der Waals surface area contributed by atoms with E-state index in [0.29, 0.717) is 18.0 Å². The Labute approximate surface area is 154 Å². The first kappa shape index (κ1) is 17.6. The lowest BCUT2D eigenvalue weighted by molar-refractivity contribution is -0.138. The predicted octanol–water partition coefficient (Wildman–Crippen LogP) is 3.08. The second kappa shape index (κ2) is 7.80. The lowest BCUT2D eigenvalue weighted by Crippen LogP contribution is -2.18. The highest BCUT2D eigenvalue weighted by molar-refractivity contribution is 7.14. The summed E-state index contributed by atoms with van der Waals surface area (Å²) in [5, 5.41) is 17.2. The average Bonchev–Trinajstić information content (AvgIpc) is 3.11. The molecule has 0 saturated carbocycles. The number of fused-ring (bicyclic) bond motifs is 1. The van der Waals surface area contributed by atoms with Gasteiger partial charge in [0.1, 0.15) is 6.07 Å². The molecule has 0 atom stereocenters. The third-order valence-corrected chi connectivity index (χ3v) is 4.53. The number of ether oxygens (including phenoxy) is 1. The zero-order valence-electron chi connectivity index (χ0n) is 14.0. The summed E-state index contributed by atoms with van der Waals surface area (Å²) in [6.07, 6.45) is 2.48. The van der Waals surface area contributed by atoms with Crippen molar-refractivity contribution in [3.05, 3.63) is 40.9 Å². The van der Waals surface area contributed by atoms with Gasteiger partial charge in [-0.2, -0.15) is 5.26 Å². The second-order valence-corrected chi connectivity index (χ2v) is 6.35. The molecule has 2 N–H and O–H groups in total. The molecule has 0 radical (unpaired) electrons. The van der Waals surface area contributed by atoms with Gasteiger partial charge in [-0.1, -0.05) is 6.07 Å². The van der Waals surface area contributed by atoms with Crippen molar-refractivity contribution in [3.63, 3.8) is 0 Å². The van der Waals surface area contributed by atoms with Gasteiger partial charge < -0.3 is 15.4 Å². The molecule has 2 aromatic rings. The lowest BCUT2D eigenvalue weighted by Gasteiger charge is -2.17. The maximum absolute atomic E-state index is 11.6. The molecule has 1 amide bonds. The number of esters is 1. The van der Waals surface area contributed by atoms with Gasteiger partial charge in [0.15, 0.2) is 10.7 Å². The van der Waals surface area contributed by atoms with Crippen LogP contribution < -0.4 is 10.6 Å². The van der Waals surface area contributed by atoms with Crippen LogP contribution in [-0.2, 0) is 20.7 Å². The van der Waals surface area contributed by atoms with Crippen LogP contribution >= 0.6 is 11.3 Å². The molecule has 0 bridgehead atoms. The minimum Gasteiger partial charge on any atom is -0.462 e. The number of hydrogen-bond donors (Lipinski definition) is 2. The summed E-state index contributed by atoms with van der Waals surface area (Å²) in [5.41, 5.74) is 3.53. The number of anilines is 2. The molecule has 0 spiro atoms. The Bertz CT molecular complexity index is 927. The van der Waals surface area contributed by atoms with Crippen molar-refractivity contribution < 1.29 is 14.3 Å². The van der Waals surface area contributed by atoms with Crippen molar-refractivity contribution in [3.8, 4) is 17.3 Å². The molecule has 1 aromatic heterocycles. The fraction of sp³-hybridized carbons (Fsp3) is 0.222. The van der Waals surface area contributed by atoms with Gasteiger partial charge in [0.25, 0.3) is 0 Å². The fourth-order valence-electron chi connectivity index (χ4n) is 2.49. The van der Waals surface area contributed by atoms with Crippen molar-refractivity contribution in [2.24, 2.45) is 0 Å². The van der Waals surface area contributed by atoms with Crippen LogP contribution in [-0.4, -0.2) is 23.5 Å². The Hall–Kier alpha value is -3.18. The van der Waals surface area contributed by atoms with Crippen LogP contribution in [0.5, 0.6) is 0 Å². The maximum atomic E-state index is 11.6. The minimum atomic E-state index is -0.670. The quantitative estimate of drug-likeness (QED) is 0.477. The molecule has 132 valence electrons. The Morgan fingerprint density at radius 3 is 3.12 bits per heavy atom. The minimum absolute atomic E-state index is 0.0343. The first-order valence-corrected chi connectivity index (χ1v) is 8.91. The topological polar surface area (TPSA) is 104 Å². The highest BCUT2D eigenvalue weighted by Gasteiger charge is 2.16. The van der Waals surface area contributed by atoms with Gasteiger partial charge >= 0.3 is 5.97 Å². The molecular weight excluding hydrogens is 352 g/mol. The van der Waals surface area contributed by atoms with Gasteiger partial charge in [-0.3, -0.25) is 4.79 Å². The summed E-state index contributed by atoms with van der Waals surface area (Å²) in [6.45, 7) is 1.88. The molecule has 7 nitrogen and oxygen atoms in total. The normalized spacial score (nSPS) is 13.4. The summed E-state index contributed by atoms with van der Waals surface area (Å²) in [4.78, 5) is 27.5. The Morgan fingerprint density at radius 1 is 1.50 bits per heavy atom. The number of aryl methyl sites for hydroxylation is 1. The van der Waals surface area contributed by atoms with E-state index in [9.17, 15) is 9.59 Å². The number of benzene rings is 1. The zero-order chi connectivity index (χ0) is 18.5. The van der Waals surface area contributed by atoms with E-state index in [0.717, 1.165) is 22.5 Å². The highest BCUT2D eigenvalue weighted by Crippen LogP contribution is 2.30. The molecule has 1 aromatic carbocycles. The van der Waals surface area contributed by atoms with Crippen LogP contribution in [0, 0.1) is 11.3 Å². The zero-order valence-corrected chi connectivity index (χ0v) is 14.9. The van der Waals surface area contributed by atoms with E-state index in [1.807, 2.05) is 23.6 Å². The van der Waals surface area contributed by atoms with Gasteiger partial charge in [-0.05, 0) is 31.0 Å². The van der Waals surface area contributed by atoms with Crippen LogP contribution in [0.25, 0.3) is 11.3 Å². The molecule has 8 heteroatoms. The molecule has 2 heterocycles. The Morgan fingerprint density at radius 2 is 2.35 bits per heavy atom. The molecule has 0 fully saturated rings. The predicted molar refractivity (Wildman–Crippen MR) is 98.5 cm³/mol. The van der Waals surface area contributed by atoms with E-state index in [4.69, 9.17) is 10.00 Å². The number of carbonyl (C=O) groups excluding carboxylic acids is 2. The molecule has 3 rings (SSSR count). The molecule has 1 aliphatic rings. The van der Waals surface area contributed by atoms with Crippen LogP contribution in [0.1, 0.15) is 18.9 Å². The number of nitriles is 1. The maximum Gasteiger partial charge on any atom is 0.350 e. The summed E-state index contributed by atoms with van der Waals surface area (Å²) >= 11 is 1.36. The number of thiazole rings is 1. The van der Waals surface area contributed by atoms with E-state index in [1.54, 1.807) is 13.0 Å². The standard InChI is InChI=1S/C18H16N4O3S/c1-2-25-17(24)13(8-19)9-20-18-22-15(10-26-18)12-3-5-14-11(7-12)4-6-16(23)21-14/h3,5,7,9-10H,2,4,6H2,1H3,(H,20,22)(H,21,23)/b13-9+. The smallest absolute Gasteiger partial charge is 0.350 e. The highest BCUT2D eigenvalue weighted by atomic mass is 32.1. The van der Waals surface area contributed by atoms with Crippen molar-refractivity contribution in [2.75, 3.05) is 17.2 Å². The second-order valence-electron chi connectivity index (χ2n) is 5.49. The number of aromatic nitrogens is 1. The first-order chi connectivity index (χ1) is 12.6. The third kappa shape index (κ3) is 3.90. The van der Waals surface area contributed by atoms with E-state index < -0.39 is 5.97 Å². The van der Waals surface area contributed by atoms with Gasteiger partial charge in [-0.25, -0.2) is 9.78 Å². The van der Waals surface area contributed by atoms with E-state index >= 15 is 0 Å². The molecular formula is C18H16N4O3S. The van der Waals surface area contributed by atoms with Crippen LogP contribution in [0.4, 0.5) is 10.8 Å². The number of nitrogens with zero attached hydrogens (tertiary/aromatic N) is 2. The number of amides is 1. The first-order valence-electron chi connectivity index (χ1n) is 8.03. The molecule has 0 aliphatic carbocycles. The number of carbonyl (C=O) groups is 2. The SMILES string of the molecule is CCOC(=O)/C(C#N)=C/Nc1nc(-c2ccc3c(c2)CCC(=O)N3)cs1. The number of rotatable bonds is 5. The lowest BCUT2D eigenvalue weighted by atomic mass is 9.99.